The maximum absolute atomic E-state index is 14.5. The van der Waals surface area contributed by atoms with Crippen molar-refractivity contribution in [3.63, 3.8) is 0 Å². The first-order valence-electron chi connectivity index (χ1n) is 30.5. The molecular weight excluding hydrogens is 1190 g/mol. The summed E-state index contributed by atoms with van der Waals surface area (Å²) >= 11 is 6.85. The predicted molar refractivity (Wildman–Crippen MR) is 334 cm³/mol. The Labute approximate surface area is 531 Å². The zero-order chi connectivity index (χ0) is 66.7. The van der Waals surface area contributed by atoms with E-state index in [1.807, 2.05) is 33.8 Å². The summed E-state index contributed by atoms with van der Waals surface area (Å²) < 4.78 is 29.6. The van der Waals surface area contributed by atoms with Crippen LogP contribution in [0.3, 0.4) is 0 Å². The number of halogens is 1. The van der Waals surface area contributed by atoms with Crippen LogP contribution in [0.5, 0.6) is 5.75 Å². The van der Waals surface area contributed by atoms with E-state index >= 15 is 0 Å². The number of fused-ring (bicyclic) bond motifs is 5. The van der Waals surface area contributed by atoms with Crippen molar-refractivity contribution in [2.75, 3.05) is 51.6 Å². The number of aliphatic hydroxyl groups is 1. The molecule has 90 heavy (non-hydrogen) atoms. The zero-order valence-electron chi connectivity index (χ0n) is 53.8. The first-order valence-corrected chi connectivity index (χ1v) is 30.9. The average molecular weight is 1280 g/mol. The maximum atomic E-state index is 14.5. The molecule has 26 heteroatoms. The van der Waals surface area contributed by atoms with Gasteiger partial charge in [0.05, 0.1) is 31.2 Å². The lowest BCUT2D eigenvalue weighted by atomic mass is 9.80. The normalized spacial score (nSPS) is 25.7. The summed E-state index contributed by atoms with van der Waals surface area (Å²) in [4.78, 5) is 138. The molecule has 0 aromatic heterocycles. The molecule has 3 fully saturated rings. The van der Waals surface area contributed by atoms with E-state index in [0.29, 0.717) is 37.1 Å². The van der Waals surface area contributed by atoms with E-state index in [1.165, 1.54) is 69.3 Å². The standard InChI is InChI=1S/C64H90ClN9O16/c1-35(2)53(70-49(75)22-15-14-16-28-74-51(77)32-42(58(74)81)62(6,7)8)56(79)69-43(20-18-27-67-60(66)83)55(78)68-41-25-23-40(24-26-41)57(80)72(10)38(5)59(82)89-48-33-50(76)73(11)44-30-39(31-45(86-12)52(44)65)29-36(3)19-17-21-47(87-13)64(85)34-46(88-61(84)71-64)37(4)54-63(48,9)90-54/h17,19,21,23-26,30-31,35,37-38,42-43,46-48,53-54,85H,14-16,18,20,22,27-29,32-34H2,1-13H3,(H,68,78)(H,69,79)(H,70,75)(H,71,84)(H3,66,67,83)/b21-17+,36-19+/t37-,38+,42?,43+,46+,47-,48+,53+,54+,63+,64+/m1/s1. The molecule has 0 saturated carbocycles. The summed E-state index contributed by atoms with van der Waals surface area (Å²) in [7, 11) is 5.77. The molecule has 2 aromatic rings. The number of carbonyl (C=O) groups is 10. The molecule has 4 aliphatic heterocycles. The van der Waals surface area contributed by atoms with Gasteiger partial charge >= 0.3 is 18.1 Å². The number of unbranched alkanes of at least 4 members (excludes halogenated alkanes) is 2. The number of hydrogen-bond acceptors (Lipinski definition) is 16. The number of likely N-dealkylation sites (N-methyl/N-ethyl adjacent to an activating group) is 1. The Hall–Kier alpha value is -7.61. The van der Waals surface area contributed by atoms with Gasteiger partial charge in [-0.15, -0.1) is 0 Å². The van der Waals surface area contributed by atoms with Crippen molar-refractivity contribution in [3.05, 3.63) is 76.3 Å². The number of benzene rings is 2. The van der Waals surface area contributed by atoms with Crippen LogP contribution in [0.15, 0.2) is 60.2 Å². The van der Waals surface area contributed by atoms with Crippen molar-refractivity contribution in [2.45, 2.75) is 180 Å². The number of urea groups is 1. The van der Waals surface area contributed by atoms with Gasteiger partial charge in [-0.3, -0.25) is 43.8 Å². The number of nitrogens with one attached hydrogen (secondary N) is 5. The van der Waals surface area contributed by atoms with Crippen LogP contribution in [0.1, 0.15) is 136 Å². The summed E-state index contributed by atoms with van der Waals surface area (Å²) in [6.07, 6.45) is 2.05. The minimum absolute atomic E-state index is 0.0433. The Kier molecular flexibility index (Phi) is 24.2. The number of nitrogens with two attached hydrogens (primary N) is 1. The van der Waals surface area contributed by atoms with Crippen molar-refractivity contribution < 1.29 is 76.7 Å². The molecule has 0 radical (unpaired) electrons. The van der Waals surface area contributed by atoms with Gasteiger partial charge in [0.2, 0.25) is 35.4 Å². The van der Waals surface area contributed by atoms with Gasteiger partial charge in [-0.05, 0) is 106 Å². The SMILES string of the molecule is COc1cc2cc(c1Cl)N(C)C(=O)C[C@H](OC(=O)[C@H](C)N(C)C(=O)c1ccc(NC(=O)[C@H](CCCNC(N)=O)NC(=O)[C@@H](NC(=O)CCCCCN3C(=O)CC(C(C)(C)C)C3=O)C(C)C)cc1)[C@]1(C)O[C@H]1[C@H](C)[C@@H]1C[C@@](O)(NC(=O)O1)[C@H](OC)/C=C/C=C(\C)C2. The van der Waals surface area contributed by atoms with Crippen LogP contribution in [0.4, 0.5) is 21.0 Å². The van der Waals surface area contributed by atoms with E-state index in [0.717, 1.165) is 16.0 Å². The number of anilines is 2. The first kappa shape index (κ1) is 71.5. The minimum atomic E-state index is -1.92. The number of nitrogens with zero attached hydrogens (tertiary/aromatic N) is 3. The number of carbonyl (C=O) groups excluding carboxylic acids is 10. The summed E-state index contributed by atoms with van der Waals surface area (Å²) in [5, 5.41) is 25.3. The van der Waals surface area contributed by atoms with E-state index in [4.69, 9.17) is 41.0 Å². The smallest absolute Gasteiger partial charge is 0.409 e. The largest absolute Gasteiger partial charge is 0.495 e. The van der Waals surface area contributed by atoms with E-state index < -0.39 is 120 Å². The Bertz CT molecular complexity index is 3080. The molecule has 3 saturated heterocycles. The molecule has 1 unspecified atom stereocenters. The molecule has 0 aliphatic carbocycles. The molecule has 2 aromatic carbocycles. The number of methoxy groups -OCH3 is 2. The number of amides is 10. The van der Waals surface area contributed by atoms with Gasteiger partial charge in [-0.25, -0.2) is 14.4 Å². The quantitative estimate of drug-likeness (QED) is 0.0316. The van der Waals surface area contributed by atoms with E-state index in [2.05, 4.69) is 26.6 Å². The van der Waals surface area contributed by atoms with Gasteiger partial charge in [0.25, 0.3) is 5.91 Å². The number of allylic oxidation sites excluding steroid dienone is 3. The molecule has 494 valence electrons. The Morgan fingerprint density at radius 1 is 0.956 bits per heavy atom. The molecule has 4 bridgehead atoms. The molecule has 10 amide bonds. The summed E-state index contributed by atoms with van der Waals surface area (Å²) in [6, 6.07) is 5.02. The van der Waals surface area contributed by atoms with Crippen LogP contribution < -0.4 is 42.0 Å². The van der Waals surface area contributed by atoms with Crippen molar-refractivity contribution in [2.24, 2.45) is 28.9 Å². The number of imide groups is 1. The van der Waals surface area contributed by atoms with Crippen molar-refractivity contribution in [3.8, 4) is 5.75 Å². The lowest BCUT2D eigenvalue weighted by Gasteiger charge is -2.42. The lowest BCUT2D eigenvalue weighted by molar-refractivity contribution is -0.158. The molecule has 4 aliphatic rings. The zero-order valence-corrected chi connectivity index (χ0v) is 54.6. The summed E-state index contributed by atoms with van der Waals surface area (Å²) in [6.45, 7) is 16.4. The minimum Gasteiger partial charge on any atom is -0.495 e. The highest BCUT2D eigenvalue weighted by atomic mass is 35.5. The highest BCUT2D eigenvalue weighted by Gasteiger charge is 2.64. The molecule has 0 spiro atoms. The fraction of sp³-hybridized carbons (Fsp3) is 0.594. The second-order valence-corrected chi connectivity index (χ2v) is 25.9. The molecule has 6 rings (SSSR count). The Morgan fingerprint density at radius 3 is 2.27 bits per heavy atom. The van der Waals surface area contributed by atoms with E-state index in [1.54, 1.807) is 52.0 Å². The third-order valence-electron chi connectivity index (χ3n) is 17.3. The van der Waals surface area contributed by atoms with Crippen molar-refractivity contribution in [1.82, 2.24) is 31.1 Å². The van der Waals surface area contributed by atoms with Crippen LogP contribution in [-0.4, -0.2) is 170 Å². The Balaban J connectivity index is 1.13. The van der Waals surface area contributed by atoms with Crippen molar-refractivity contribution >= 4 is 82.4 Å². The fourth-order valence-corrected chi connectivity index (χ4v) is 11.8. The first-order chi connectivity index (χ1) is 42.2. The van der Waals surface area contributed by atoms with Crippen LogP contribution in [0.2, 0.25) is 5.02 Å². The van der Waals surface area contributed by atoms with E-state index in [9.17, 15) is 53.1 Å². The number of esters is 1. The van der Waals surface area contributed by atoms with Crippen LogP contribution in [-0.2, 0) is 58.9 Å². The number of alkyl carbamates (subject to hydrolysis) is 1. The Morgan fingerprint density at radius 2 is 1.64 bits per heavy atom. The van der Waals surface area contributed by atoms with Gasteiger partial charge in [0.1, 0.15) is 52.8 Å². The summed E-state index contributed by atoms with van der Waals surface area (Å²) in [5.41, 5.74) is 3.91. The van der Waals surface area contributed by atoms with Gasteiger partial charge < -0.3 is 65.6 Å². The number of primary amides is 1. The van der Waals surface area contributed by atoms with Crippen LogP contribution >= 0.6 is 11.6 Å². The van der Waals surface area contributed by atoms with Crippen LogP contribution in [0.25, 0.3) is 0 Å². The van der Waals surface area contributed by atoms with Gasteiger partial charge in [0, 0.05) is 70.7 Å². The highest BCUT2D eigenvalue weighted by Crippen LogP contribution is 2.49. The molecule has 11 atom stereocenters. The highest BCUT2D eigenvalue weighted by molar-refractivity contribution is 6.35. The predicted octanol–water partition coefficient (Wildman–Crippen LogP) is 5.82. The van der Waals surface area contributed by atoms with E-state index in [-0.39, 0.29) is 84.6 Å². The second kappa shape index (κ2) is 30.5. The second-order valence-electron chi connectivity index (χ2n) is 25.5. The van der Waals surface area contributed by atoms with Gasteiger partial charge in [-0.1, -0.05) is 83.4 Å². The topological polar surface area (TPSA) is 336 Å². The average Bonchev–Trinajstić information content (AvgIpc) is 1.57. The number of epoxide rings is 1. The number of rotatable bonds is 22. The molecule has 8 N–H and O–H groups in total. The lowest BCUT2D eigenvalue weighted by Crippen LogP contribution is -2.63. The molecule has 4 heterocycles. The van der Waals surface area contributed by atoms with Crippen molar-refractivity contribution in [1.29, 1.82) is 0 Å². The number of likely N-dealkylation sites (tertiary alicyclic amines) is 1. The third kappa shape index (κ3) is 17.9. The third-order valence-corrected chi connectivity index (χ3v) is 17.7. The monoisotopic (exact) mass is 1280 g/mol. The molecular formula is C64H90ClN9O16. The fourth-order valence-electron chi connectivity index (χ4n) is 11.5. The van der Waals surface area contributed by atoms with Gasteiger partial charge in [0.15, 0.2) is 5.72 Å². The maximum Gasteiger partial charge on any atom is 0.409 e. The molecule has 25 nitrogen and oxygen atoms in total. The summed E-state index contributed by atoms with van der Waals surface area (Å²) in [5.74, 6) is -5.20. The van der Waals surface area contributed by atoms with Crippen LogP contribution in [0, 0.1) is 23.2 Å². The number of ether oxygens (including phenoxy) is 5. The number of hydrogen-bond donors (Lipinski definition) is 7. The van der Waals surface area contributed by atoms with Gasteiger partial charge in [-0.2, -0.15) is 0 Å².